The summed E-state index contributed by atoms with van der Waals surface area (Å²) >= 11 is 0. The maximum absolute atomic E-state index is 9.81. The number of rotatable bonds is 5. The molecule has 0 aliphatic heterocycles. The highest BCUT2D eigenvalue weighted by Gasteiger charge is 1.91. The molecule has 0 spiro atoms. The number of carboxylic acid groups (broad SMARTS) is 1. The van der Waals surface area contributed by atoms with Crippen LogP contribution in [0.4, 0.5) is 4.79 Å². The molecule has 0 aromatic carbocycles. The van der Waals surface area contributed by atoms with E-state index < -0.39 is 6.09 Å². The average molecular weight is 147 g/mol. The zero-order valence-electron chi connectivity index (χ0n) is 5.37. The van der Waals surface area contributed by atoms with E-state index in [0.717, 1.165) is 0 Å². The molecular formula is C5H9NO4. The largest absolute Gasteiger partial charge is 0.468 e. The molecule has 0 aliphatic carbocycles. The molecule has 2 N–H and O–H groups in total. The van der Waals surface area contributed by atoms with Crippen LogP contribution < -0.4 is 5.32 Å². The van der Waals surface area contributed by atoms with Crippen LogP contribution in [0.1, 0.15) is 6.42 Å². The minimum atomic E-state index is -1.06. The van der Waals surface area contributed by atoms with Crippen molar-refractivity contribution in [3.8, 4) is 0 Å². The Labute approximate surface area is 58.0 Å². The van der Waals surface area contributed by atoms with Gasteiger partial charge in [-0.15, -0.1) is 0 Å². The highest BCUT2D eigenvalue weighted by molar-refractivity contribution is 5.64. The number of hydrogen-bond donors (Lipinski definition) is 2. The van der Waals surface area contributed by atoms with E-state index in [4.69, 9.17) is 5.11 Å². The molecule has 0 aromatic rings. The van der Waals surface area contributed by atoms with Crippen molar-refractivity contribution in [3.63, 3.8) is 0 Å². The van der Waals surface area contributed by atoms with Gasteiger partial charge in [-0.1, -0.05) is 0 Å². The van der Waals surface area contributed by atoms with Gasteiger partial charge in [0.25, 0.3) is 6.47 Å². The Morgan fingerprint density at radius 1 is 1.70 bits per heavy atom. The molecule has 0 heterocycles. The highest BCUT2D eigenvalue weighted by atomic mass is 16.5. The first-order valence-corrected chi connectivity index (χ1v) is 2.79. The lowest BCUT2D eigenvalue weighted by Crippen LogP contribution is -2.22. The number of nitrogens with one attached hydrogen (secondary N) is 1. The van der Waals surface area contributed by atoms with Crippen molar-refractivity contribution in [3.05, 3.63) is 0 Å². The van der Waals surface area contributed by atoms with E-state index in [-0.39, 0.29) is 6.61 Å². The summed E-state index contributed by atoms with van der Waals surface area (Å²) in [7, 11) is 0. The van der Waals surface area contributed by atoms with Crippen LogP contribution in [-0.2, 0) is 9.53 Å². The van der Waals surface area contributed by atoms with Crippen molar-refractivity contribution in [2.24, 2.45) is 0 Å². The first kappa shape index (κ1) is 8.74. The lowest BCUT2D eigenvalue weighted by molar-refractivity contribution is -0.128. The summed E-state index contributed by atoms with van der Waals surface area (Å²) in [6.07, 6.45) is -0.559. The lowest BCUT2D eigenvalue weighted by Gasteiger charge is -1.98. The van der Waals surface area contributed by atoms with Gasteiger partial charge in [0.2, 0.25) is 0 Å². The third kappa shape index (κ3) is 6.74. The fourth-order valence-corrected chi connectivity index (χ4v) is 0.399. The number of carbonyl (C=O) groups is 2. The van der Waals surface area contributed by atoms with Crippen LogP contribution in [0.15, 0.2) is 0 Å². The van der Waals surface area contributed by atoms with Crippen molar-refractivity contribution in [1.82, 2.24) is 5.32 Å². The summed E-state index contributed by atoms with van der Waals surface area (Å²) in [4.78, 5) is 19.4. The van der Waals surface area contributed by atoms with Gasteiger partial charge in [-0.05, 0) is 6.42 Å². The van der Waals surface area contributed by atoms with Gasteiger partial charge in [0.1, 0.15) is 0 Å². The monoisotopic (exact) mass is 147 g/mol. The molecule has 0 atom stereocenters. The summed E-state index contributed by atoms with van der Waals surface area (Å²) in [5, 5.41) is 10.2. The van der Waals surface area contributed by atoms with Crippen LogP contribution in [-0.4, -0.2) is 30.8 Å². The molecule has 5 heteroatoms. The van der Waals surface area contributed by atoms with Crippen LogP contribution in [0.25, 0.3) is 0 Å². The number of hydrogen-bond acceptors (Lipinski definition) is 3. The fraction of sp³-hybridized carbons (Fsp3) is 0.600. The topological polar surface area (TPSA) is 75.6 Å². The fourth-order valence-electron chi connectivity index (χ4n) is 0.399. The van der Waals surface area contributed by atoms with Gasteiger partial charge < -0.3 is 15.2 Å². The molecule has 0 rings (SSSR count). The van der Waals surface area contributed by atoms with Gasteiger partial charge in [0.05, 0.1) is 6.61 Å². The van der Waals surface area contributed by atoms with E-state index in [0.29, 0.717) is 19.4 Å². The molecule has 0 bridgehead atoms. The summed E-state index contributed by atoms with van der Waals surface area (Å²) in [5.74, 6) is 0. The molecule has 0 unspecified atom stereocenters. The molecule has 0 saturated heterocycles. The van der Waals surface area contributed by atoms with Gasteiger partial charge in [0, 0.05) is 6.54 Å². The van der Waals surface area contributed by atoms with Gasteiger partial charge in [-0.25, -0.2) is 4.79 Å². The van der Waals surface area contributed by atoms with Crippen LogP contribution in [0.3, 0.4) is 0 Å². The average Bonchev–Trinajstić information content (AvgIpc) is 1.87. The summed E-state index contributed by atoms with van der Waals surface area (Å²) < 4.78 is 4.30. The second kappa shape index (κ2) is 5.87. The Morgan fingerprint density at radius 3 is 2.90 bits per heavy atom. The second-order valence-corrected chi connectivity index (χ2v) is 1.55. The predicted molar refractivity (Wildman–Crippen MR) is 32.7 cm³/mol. The Hall–Kier alpha value is -1.26. The Bertz CT molecular complexity index is 114. The molecule has 0 radical (unpaired) electrons. The normalized spacial score (nSPS) is 8.40. The maximum Gasteiger partial charge on any atom is 0.404 e. The van der Waals surface area contributed by atoms with Crippen molar-refractivity contribution in [2.45, 2.75) is 6.42 Å². The third-order valence-corrected chi connectivity index (χ3v) is 0.783. The van der Waals surface area contributed by atoms with E-state index in [1.54, 1.807) is 0 Å². The molecule has 0 aliphatic rings. The Balaban J connectivity index is 2.90. The van der Waals surface area contributed by atoms with Crippen LogP contribution in [0.2, 0.25) is 0 Å². The summed E-state index contributed by atoms with van der Waals surface area (Å²) in [5.41, 5.74) is 0. The van der Waals surface area contributed by atoms with E-state index >= 15 is 0 Å². The SMILES string of the molecule is O=COCCCNC(=O)O. The molecule has 10 heavy (non-hydrogen) atoms. The first-order chi connectivity index (χ1) is 4.77. The lowest BCUT2D eigenvalue weighted by atomic mass is 10.4. The van der Waals surface area contributed by atoms with Crippen molar-refractivity contribution >= 4 is 12.6 Å². The summed E-state index contributed by atoms with van der Waals surface area (Å²) in [6, 6.07) is 0. The first-order valence-electron chi connectivity index (χ1n) is 2.79. The molecule has 1 amide bonds. The number of ether oxygens (including phenoxy) is 1. The van der Waals surface area contributed by atoms with Crippen LogP contribution in [0, 0.1) is 0 Å². The van der Waals surface area contributed by atoms with Gasteiger partial charge >= 0.3 is 6.09 Å². The quantitative estimate of drug-likeness (QED) is 0.417. The Kier molecular flexibility index (Phi) is 5.13. The van der Waals surface area contributed by atoms with Gasteiger partial charge in [-0.3, -0.25) is 4.79 Å². The molecule has 5 nitrogen and oxygen atoms in total. The van der Waals surface area contributed by atoms with Crippen LogP contribution in [0.5, 0.6) is 0 Å². The molecule has 58 valence electrons. The minimum absolute atomic E-state index is 0.254. The van der Waals surface area contributed by atoms with Gasteiger partial charge in [0.15, 0.2) is 0 Å². The summed E-state index contributed by atoms with van der Waals surface area (Å²) in [6.45, 7) is 0.897. The maximum atomic E-state index is 9.81. The molecular weight excluding hydrogens is 138 g/mol. The third-order valence-electron chi connectivity index (χ3n) is 0.783. The predicted octanol–water partition coefficient (Wildman–Crippen LogP) is -0.183. The second-order valence-electron chi connectivity index (χ2n) is 1.55. The molecule has 0 saturated carbocycles. The van der Waals surface area contributed by atoms with Gasteiger partial charge in [-0.2, -0.15) is 0 Å². The van der Waals surface area contributed by atoms with Crippen LogP contribution >= 0.6 is 0 Å². The minimum Gasteiger partial charge on any atom is -0.468 e. The van der Waals surface area contributed by atoms with E-state index in [1.165, 1.54) is 0 Å². The number of amides is 1. The Morgan fingerprint density at radius 2 is 2.40 bits per heavy atom. The molecule has 0 aromatic heterocycles. The standard InChI is InChI=1S/C5H9NO4/c7-4-10-3-1-2-6-5(8)9/h4,6H,1-3H2,(H,8,9). The highest BCUT2D eigenvalue weighted by Crippen LogP contribution is 1.76. The molecule has 0 fully saturated rings. The number of carbonyl (C=O) groups excluding carboxylic acids is 1. The van der Waals surface area contributed by atoms with E-state index in [1.807, 2.05) is 0 Å². The van der Waals surface area contributed by atoms with E-state index in [9.17, 15) is 9.59 Å². The smallest absolute Gasteiger partial charge is 0.404 e. The van der Waals surface area contributed by atoms with E-state index in [2.05, 4.69) is 10.1 Å². The van der Waals surface area contributed by atoms with Crippen molar-refractivity contribution in [2.75, 3.05) is 13.2 Å². The zero-order valence-corrected chi connectivity index (χ0v) is 5.37. The zero-order chi connectivity index (χ0) is 7.82. The van der Waals surface area contributed by atoms with Crippen molar-refractivity contribution in [1.29, 1.82) is 0 Å². The van der Waals surface area contributed by atoms with Crippen molar-refractivity contribution < 1.29 is 19.4 Å².